The van der Waals surface area contributed by atoms with Gasteiger partial charge in [-0.15, -0.1) is 0 Å². The first-order valence-corrected chi connectivity index (χ1v) is 3.77. The van der Waals surface area contributed by atoms with Gasteiger partial charge in [-0.05, 0) is 6.26 Å². The third-order valence-corrected chi connectivity index (χ3v) is 0. The van der Waals surface area contributed by atoms with Crippen molar-refractivity contribution < 1.29 is 9.11 Å². The lowest BCUT2D eigenvalue weighted by Crippen LogP contribution is -1.83. The first kappa shape index (κ1) is 5.62. The SMILES string of the molecule is CS([O-])(O)[S-]. The second-order valence-corrected chi connectivity index (χ2v) is 4.05. The summed E-state index contributed by atoms with van der Waals surface area (Å²) in [4.78, 5) is 0. The highest BCUT2D eigenvalue weighted by molar-refractivity contribution is 8.74. The Morgan fingerprint density at radius 2 is 2.00 bits per heavy atom. The molecule has 1 unspecified atom stereocenters. The molecule has 0 radical (unpaired) electrons. The number of hydrogen-bond donors (Lipinski definition) is 1. The van der Waals surface area contributed by atoms with Crippen molar-refractivity contribution in [2.75, 3.05) is 6.26 Å². The fraction of sp³-hybridized carbons (Fsp3) is 1.00. The first-order chi connectivity index (χ1) is 2.00. The normalized spacial score (nSPS) is 28.0. The zero-order valence-electron chi connectivity index (χ0n) is 2.67. The Labute approximate surface area is 37.4 Å². The fourth-order valence-electron chi connectivity index (χ4n) is 0. The van der Waals surface area contributed by atoms with Crippen LogP contribution in [0, 0.1) is 0 Å². The van der Waals surface area contributed by atoms with Gasteiger partial charge in [0.05, 0.1) is 0 Å². The van der Waals surface area contributed by atoms with Crippen molar-refractivity contribution >= 4 is 21.3 Å². The molecule has 0 heterocycles. The summed E-state index contributed by atoms with van der Waals surface area (Å²) in [6.45, 7) is 0. The van der Waals surface area contributed by atoms with Crippen LogP contribution in [0.15, 0.2) is 0 Å². The van der Waals surface area contributed by atoms with Crippen LogP contribution in [0.1, 0.15) is 0 Å². The van der Waals surface area contributed by atoms with Crippen LogP contribution < -0.4 is 0 Å². The van der Waals surface area contributed by atoms with Crippen molar-refractivity contribution in [1.82, 2.24) is 0 Å². The minimum absolute atomic E-state index is 1.09. The van der Waals surface area contributed by atoms with Gasteiger partial charge >= 0.3 is 0 Å². The highest BCUT2D eigenvalue weighted by Crippen LogP contribution is 2.27. The lowest BCUT2D eigenvalue weighted by atomic mass is 12.0. The van der Waals surface area contributed by atoms with Crippen molar-refractivity contribution in [3.05, 3.63) is 0 Å². The molecule has 0 spiro atoms. The third-order valence-electron chi connectivity index (χ3n) is 0. The van der Waals surface area contributed by atoms with Crippen LogP contribution in [0.3, 0.4) is 0 Å². The standard InChI is InChI=1S/CH6O2S2/c1-5(2,3)4/h2-4H,1H3/p-2. The Kier molecular flexibility index (Phi) is 1.55. The molecule has 0 rings (SSSR count). The van der Waals surface area contributed by atoms with E-state index in [9.17, 15) is 4.55 Å². The highest BCUT2D eigenvalue weighted by Gasteiger charge is 1.55. The largest absolute Gasteiger partial charge is 0.789 e. The second-order valence-electron chi connectivity index (χ2n) is 0.733. The van der Waals surface area contributed by atoms with E-state index in [1.165, 1.54) is 0 Å². The minimum atomic E-state index is -2.83. The van der Waals surface area contributed by atoms with E-state index < -0.39 is 9.62 Å². The predicted molar refractivity (Wildman–Crippen MR) is 24.3 cm³/mol. The molecule has 0 saturated carbocycles. The average molecular weight is 112 g/mol. The molecule has 0 saturated heterocycles. The number of hydrogen-bond acceptors (Lipinski definition) is 3. The average Bonchev–Trinajstić information content (AvgIpc) is 0.722. The molecule has 2 nitrogen and oxygen atoms in total. The monoisotopic (exact) mass is 112 g/mol. The Balaban J connectivity index is 3.02. The summed E-state index contributed by atoms with van der Waals surface area (Å²) in [7, 11) is -2.83. The van der Waals surface area contributed by atoms with E-state index in [0.29, 0.717) is 0 Å². The molecule has 0 aliphatic carbocycles. The molecule has 1 atom stereocenters. The summed E-state index contributed by atoms with van der Waals surface area (Å²) in [5, 5.41) is 0. The summed E-state index contributed by atoms with van der Waals surface area (Å²) in [5.74, 6) is 0. The maximum absolute atomic E-state index is 9.56. The van der Waals surface area contributed by atoms with Gasteiger partial charge in [0, 0.05) is 0 Å². The number of rotatable bonds is 0. The van der Waals surface area contributed by atoms with Crippen molar-refractivity contribution in [3.8, 4) is 0 Å². The first-order valence-electron chi connectivity index (χ1n) is 0.924. The molecule has 0 aromatic carbocycles. The van der Waals surface area contributed by atoms with Gasteiger partial charge in [-0.1, -0.05) is 0 Å². The molecule has 0 fully saturated rings. The van der Waals surface area contributed by atoms with Crippen LogP contribution in [0.2, 0.25) is 0 Å². The van der Waals surface area contributed by atoms with Crippen molar-refractivity contribution in [2.45, 2.75) is 0 Å². The summed E-state index contributed by atoms with van der Waals surface area (Å²) >= 11 is 3.91. The van der Waals surface area contributed by atoms with Crippen LogP contribution in [0.5, 0.6) is 0 Å². The predicted octanol–water partition coefficient (Wildman–Crippen LogP) is 0.486. The zero-order chi connectivity index (χ0) is 4.50. The Morgan fingerprint density at radius 1 is 2.00 bits per heavy atom. The molecule has 0 aromatic heterocycles. The summed E-state index contributed by atoms with van der Waals surface area (Å²) in [6, 6.07) is 0. The fourth-order valence-corrected chi connectivity index (χ4v) is 0. The lowest BCUT2D eigenvalue weighted by molar-refractivity contribution is 0.493. The highest BCUT2D eigenvalue weighted by atomic mass is 33.2. The van der Waals surface area contributed by atoms with E-state index in [-0.39, 0.29) is 0 Å². The van der Waals surface area contributed by atoms with Crippen LogP contribution in [-0.4, -0.2) is 15.4 Å². The molecule has 5 heavy (non-hydrogen) atoms. The quantitative estimate of drug-likeness (QED) is 0.366. The molecule has 0 amide bonds. The van der Waals surface area contributed by atoms with Crippen molar-refractivity contribution in [3.63, 3.8) is 0 Å². The third kappa shape index (κ3) is 82.5. The summed E-state index contributed by atoms with van der Waals surface area (Å²) in [5.41, 5.74) is 0. The van der Waals surface area contributed by atoms with E-state index in [4.69, 9.17) is 4.55 Å². The van der Waals surface area contributed by atoms with Crippen LogP contribution >= 0.6 is 9.62 Å². The van der Waals surface area contributed by atoms with E-state index >= 15 is 0 Å². The van der Waals surface area contributed by atoms with Gasteiger partial charge in [-0.3, -0.25) is 0 Å². The Bertz CT molecular complexity index is 23.1. The van der Waals surface area contributed by atoms with Gasteiger partial charge in [0.2, 0.25) is 0 Å². The molecule has 0 aliphatic heterocycles. The smallest absolute Gasteiger partial charge is 0.0313 e. The van der Waals surface area contributed by atoms with E-state index in [0.717, 1.165) is 6.26 Å². The van der Waals surface area contributed by atoms with Crippen molar-refractivity contribution in [1.29, 1.82) is 0 Å². The molecule has 1 N–H and O–H groups in total. The van der Waals surface area contributed by atoms with Crippen LogP contribution in [-0.2, 0) is 11.7 Å². The van der Waals surface area contributed by atoms with Gasteiger partial charge < -0.3 is 30.4 Å². The molecule has 4 heteroatoms. The summed E-state index contributed by atoms with van der Waals surface area (Å²) < 4.78 is 17.4. The molecule has 0 aliphatic rings. The molecular formula is CH4O2S2-2. The zero-order valence-corrected chi connectivity index (χ0v) is 4.30. The second kappa shape index (κ2) is 1.38. The Hall–Kier alpha value is 0.620. The van der Waals surface area contributed by atoms with Crippen LogP contribution in [0.4, 0.5) is 0 Å². The van der Waals surface area contributed by atoms with Gasteiger partial charge in [-0.25, -0.2) is 0 Å². The van der Waals surface area contributed by atoms with Gasteiger partial charge in [0.15, 0.2) is 0 Å². The van der Waals surface area contributed by atoms with E-state index in [1.54, 1.807) is 0 Å². The van der Waals surface area contributed by atoms with E-state index in [1.807, 2.05) is 0 Å². The molecule has 0 bridgehead atoms. The van der Waals surface area contributed by atoms with Crippen molar-refractivity contribution in [2.24, 2.45) is 0 Å². The molecule has 34 valence electrons. The van der Waals surface area contributed by atoms with Gasteiger partial charge in [-0.2, -0.15) is 0 Å². The van der Waals surface area contributed by atoms with E-state index in [2.05, 4.69) is 11.7 Å². The molecule has 0 aromatic rings. The summed E-state index contributed by atoms with van der Waals surface area (Å²) in [6.07, 6.45) is 1.09. The van der Waals surface area contributed by atoms with Crippen LogP contribution in [0.25, 0.3) is 0 Å². The topological polar surface area (TPSA) is 43.3 Å². The van der Waals surface area contributed by atoms with Gasteiger partial charge in [0.1, 0.15) is 0 Å². The lowest BCUT2D eigenvalue weighted by Gasteiger charge is -2.50. The minimum Gasteiger partial charge on any atom is -0.789 e. The Morgan fingerprint density at radius 3 is 2.00 bits per heavy atom. The maximum Gasteiger partial charge on any atom is -0.0313 e. The molecular weight excluding hydrogens is 108 g/mol. The van der Waals surface area contributed by atoms with Gasteiger partial charge in [0.25, 0.3) is 0 Å². The maximum atomic E-state index is 9.56.